The number of aromatic nitrogens is 1. The second-order valence-electron chi connectivity index (χ2n) is 12.1. The summed E-state index contributed by atoms with van der Waals surface area (Å²) in [5.74, 6) is 1.60. The van der Waals surface area contributed by atoms with E-state index in [0.717, 1.165) is 5.75 Å². The van der Waals surface area contributed by atoms with Crippen molar-refractivity contribution in [2.45, 2.75) is 38.3 Å². The molecule has 45 heavy (non-hydrogen) atoms. The molecular weight excluding hydrogens is 601 g/mol. The maximum atomic E-state index is 14.1. The Hall–Kier alpha value is -3.92. The number of hydrogen-bond acceptors (Lipinski definition) is 7. The monoisotopic (exact) mass is 640 g/mol. The van der Waals surface area contributed by atoms with Gasteiger partial charge in [-0.15, -0.1) is 0 Å². The molecule has 1 N–H and O–H groups in total. The molecule has 7 nitrogen and oxygen atoms in total. The third kappa shape index (κ3) is 7.00. The third-order valence-corrected chi connectivity index (χ3v) is 14.4. The molecule has 0 aliphatic carbocycles. The molecule has 0 bridgehead atoms. The molecule has 1 aromatic heterocycles. The van der Waals surface area contributed by atoms with Crippen LogP contribution in [0.1, 0.15) is 47.2 Å². The van der Waals surface area contributed by atoms with Crippen molar-refractivity contribution >= 4 is 42.6 Å². The average molecular weight is 641 g/mol. The highest BCUT2D eigenvalue weighted by Gasteiger charge is 2.50. The summed E-state index contributed by atoms with van der Waals surface area (Å²) in [5, 5.41) is 12.3. The largest absolute Gasteiger partial charge is 0.507 e. The van der Waals surface area contributed by atoms with Crippen LogP contribution in [0.25, 0.3) is 0 Å². The Balaban J connectivity index is 1.36. The molecule has 0 unspecified atom stereocenters. The fourth-order valence-electron chi connectivity index (χ4n) is 6.07. The number of nitrogens with zero attached hydrogens (tertiary/aromatic N) is 2. The zero-order valence-electron chi connectivity index (χ0n) is 26.0. The van der Waals surface area contributed by atoms with Crippen LogP contribution in [-0.2, 0) is 10.8 Å². The highest BCUT2D eigenvalue weighted by atomic mass is 32.2. The minimum atomic E-state index is -2.73. The summed E-state index contributed by atoms with van der Waals surface area (Å²) in [5.41, 5.74) is 1.37. The summed E-state index contributed by atoms with van der Waals surface area (Å²) >= 11 is 1.76. The number of aromatic hydroxyl groups is 1. The second kappa shape index (κ2) is 14.5. The molecule has 234 valence electrons. The van der Waals surface area contributed by atoms with Crippen LogP contribution in [0.2, 0.25) is 5.04 Å². The molecule has 1 amide bonds. The summed E-state index contributed by atoms with van der Waals surface area (Å²) in [6.45, 7) is 7.95. The van der Waals surface area contributed by atoms with Gasteiger partial charge in [0.1, 0.15) is 18.1 Å². The van der Waals surface area contributed by atoms with Crippen LogP contribution < -0.4 is 15.1 Å². The minimum absolute atomic E-state index is 0.0935. The molecule has 0 spiro atoms. The van der Waals surface area contributed by atoms with E-state index in [-0.39, 0.29) is 34.9 Å². The molecule has 1 aliphatic rings. The Labute approximate surface area is 270 Å². The van der Waals surface area contributed by atoms with E-state index in [9.17, 15) is 14.7 Å². The Bertz CT molecular complexity index is 1560. The van der Waals surface area contributed by atoms with Gasteiger partial charge in [-0.3, -0.25) is 14.6 Å². The first kappa shape index (κ1) is 32.5. The third-order valence-electron chi connectivity index (χ3n) is 8.28. The van der Waals surface area contributed by atoms with Crippen LogP contribution in [0.5, 0.6) is 11.5 Å². The van der Waals surface area contributed by atoms with Crippen LogP contribution in [0.15, 0.2) is 97.2 Å². The van der Waals surface area contributed by atoms with Gasteiger partial charge in [-0.25, -0.2) is 0 Å². The molecule has 0 saturated carbocycles. The first-order valence-electron chi connectivity index (χ1n) is 15.2. The lowest BCUT2D eigenvalue weighted by Crippen LogP contribution is -2.66. The molecule has 1 saturated heterocycles. The van der Waals surface area contributed by atoms with E-state index in [4.69, 9.17) is 9.16 Å². The SMILES string of the molecule is CC(C)(C)[Si](OCCc1ncccc1C(=O)N1CCSC[C@H]1COc1cccc(O)c1C=O)(c1ccccc1)c1ccccc1. The summed E-state index contributed by atoms with van der Waals surface area (Å²) in [6, 6.07) is 29.2. The predicted molar refractivity (Wildman–Crippen MR) is 183 cm³/mol. The van der Waals surface area contributed by atoms with Crippen LogP contribution in [0, 0.1) is 0 Å². The van der Waals surface area contributed by atoms with Crippen LogP contribution in [0.3, 0.4) is 0 Å². The van der Waals surface area contributed by atoms with Crippen molar-refractivity contribution in [2.75, 3.05) is 31.3 Å². The topological polar surface area (TPSA) is 89.0 Å². The van der Waals surface area contributed by atoms with Crippen molar-refractivity contribution in [3.8, 4) is 11.5 Å². The highest BCUT2D eigenvalue weighted by molar-refractivity contribution is 7.99. The van der Waals surface area contributed by atoms with Crippen molar-refractivity contribution in [3.05, 3.63) is 114 Å². The quantitative estimate of drug-likeness (QED) is 0.175. The number of phenols is 1. The van der Waals surface area contributed by atoms with E-state index in [1.165, 1.54) is 16.4 Å². The van der Waals surface area contributed by atoms with Gasteiger partial charge in [-0.1, -0.05) is 87.5 Å². The molecule has 1 fully saturated rings. The van der Waals surface area contributed by atoms with Crippen molar-refractivity contribution in [3.63, 3.8) is 0 Å². The van der Waals surface area contributed by atoms with Gasteiger partial charge in [0.05, 0.1) is 22.9 Å². The van der Waals surface area contributed by atoms with Gasteiger partial charge in [0.25, 0.3) is 14.2 Å². The minimum Gasteiger partial charge on any atom is -0.507 e. The van der Waals surface area contributed by atoms with Gasteiger partial charge >= 0.3 is 0 Å². The Morgan fingerprint density at radius 1 is 1.00 bits per heavy atom. The second-order valence-corrected chi connectivity index (χ2v) is 17.6. The molecular formula is C36H40N2O5SSi. The van der Waals surface area contributed by atoms with Gasteiger partial charge in [0, 0.05) is 37.3 Å². The van der Waals surface area contributed by atoms with Crippen molar-refractivity contribution in [1.82, 2.24) is 9.88 Å². The van der Waals surface area contributed by atoms with Crippen molar-refractivity contribution in [1.29, 1.82) is 0 Å². The molecule has 9 heteroatoms. The number of pyridine rings is 1. The Kier molecular flexibility index (Phi) is 10.4. The fourth-order valence-corrected chi connectivity index (χ4v) is 11.7. The standard InChI is InChI=1S/C36H40N2O5SSi/c1-36(2,3)45(28-12-6-4-7-13-28,29-14-8-5-9-15-29)43-22-19-32-30(16-11-20-37-32)35(41)38-21-23-44-26-27(38)25-42-34-18-10-17-33(40)31(34)24-39/h4-18,20,24,27,40H,19,21-23,25-26H2,1-3H3/t27-/m1/s1. The van der Waals surface area contributed by atoms with E-state index in [1.54, 1.807) is 36.2 Å². The first-order chi connectivity index (χ1) is 21.8. The maximum absolute atomic E-state index is 14.1. The van der Waals surface area contributed by atoms with Crippen LogP contribution >= 0.6 is 11.8 Å². The van der Waals surface area contributed by atoms with Gasteiger partial charge in [-0.2, -0.15) is 11.8 Å². The Morgan fingerprint density at radius 2 is 1.69 bits per heavy atom. The predicted octanol–water partition coefficient (Wildman–Crippen LogP) is 5.36. The average Bonchev–Trinajstić information content (AvgIpc) is 3.06. The summed E-state index contributed by atoms with van der Waals surface area (Å²) in [6.07, 6.45) is 2.80. The van der Waals surface area contributed by atoms with E-state index >= 15 is 0 Å². The van der Waals surface area contributed by atoms with Crippen LogP contribution in [-0.4, -0.2) is 72.8 Å². The maximum Gasteiger partial charge on any atom is 0.261 e. The zero-order valence-corrected chi connectivity index (χ0v) is 27.8. The highest BCUT2D eigenvalue weighted by Crippen LogP contribution is 2.37. The van der Waals surface area contributed by atoms with Crippen molar-refractivity contribution < 1.29 is 23.9 Å². The van der Waals surface area contributed by atoms with Crippen molar-refractivity contribution in [2.24, 2.45) is 0 Å². The van der Waals surface area contributed by atoms with Gasteiger partial charge in [-0.05, 0) is 39.7 Å². The molecule has 2 heterocycles. The smallest absolute Gasteiger partial charge is 0.261 e. The molecule has 4 aromatic rings. The Morgan fingerprint density at radius 3 is 2.33 bits per heavy atom. The number of rotatable bonds is 11. The lowest BCUT2D eigenvalue weighted by Gasteiger charge is -2.43. The molecule has 1 atom stereocenters. The number of carbonyl (C=O) groups is 2. The number of thioether (sulfide) groups is 1. The zero-order chi connectivity index (χ0) is 31.9. The van der Waals surface area contributed by atoms with E-state index < -0.39 is 8.32 Å². The number of amides is 1. The van der Waals surface area contributed by atoms with Gasteiger partial charge in [0.15, 0.2) is 6.29 Å². The summed E-state index contributed by atoms with van der Waals surface area (Å²) in [7, 11) is -2.73. The molecule has 5 rings (SSSR count). The lowest BCUT2D eigenvalue weighted by molar-refractivity contribution is 0.0645. The number of aldehydes is 1. The first-order valence-corrected chi connectivity index (χ1v) is 18.3. The van der Waals surface area contributed by atoms with Gasteiger partial charge < -0.3 is 19.2 Å². The van der Waals surface area contributed by atoms with Crippen LogP contribution in [0.4, 0.5) is 0 Å². The van der Waals surface area contributed by atoms with E-state index in [2.05, 4.69) is 74.3 Å². The molecule has 1 aliphatic heterocycles. The number of hydrogen-bond donors (Lipinski definition) is 1. The number of phenolic OH excluding ortho intramolecular Hbond substituents is 1. The number of carbonyl (C=O) groups excluding carboxylic acids is 2. The normalized spacial score (nSPS) is 15.4. The number of benzene rings is 3. The lowest BCUT2D eigenvalue weighted by atomic mass is 10.1. The summed E-state index contributed by atoms with van der Waals surface area (Å²) in [4.78, 5) is 32.1. The number of ether oxygens (including phenoxy) is 1. The fraction of sp³-hybridized carbons (Fsp3) is 0.306. The van der Waals surface area contributed by atoms with E-state index in [1.807, 2.05) is 23.1 Å². The summed E-state index contributed by atoms with van der Waals surface area (Å²) < 4.78 is 13.1. The molecule has 3 aromatic carbocycles. The van der Waals surface area contributed by atoms with E-state index in [0.29, 0.717) is 48.6 Å². The van der Waals surface area contributed by atoms with Gasteiger partial charge in [0.2, 0.25) is 0 Å². The molecule has 0 radical (unpaired) electrons.